The van der Waals surface area contributed by atoms with Gasteiger partial charge in [-0.2, -0.15) is 0 Å². The molecule has 0 aromatic rings. The lowest BCUT2D eigenvalue weighted by atomic mass is 10.4. The van der Waals surface area contributed by atoms with Gasteiger partial charge in [0.1, 0.15) is 6.79 Å². The van der Waals surface area contributed by atoms with Crippen LogP contribution in [0.4, 0.5) is 0 Å². The number of hydrogen-bond acceptors (Lipinski definition) is 3. The molecule has 0 aromatic heterocycles. The molecule has 14 heavy (non-hydrogen) atoms. The average molecular weight is 208 g/mol. The number of aliphatic carboxylic acids is 2. The molecule has 0 aliphatic rings. The molecule has 0 amide bonds. The zero-order chi connectivity index (χ0) is 11.4. The number of carbonyl (C=O) groups is 3. The van der Waals surface area contributed by atoms with Crippen molar-refractivity contribution in [1.82, 2.24) is 0 Å². The molecule has 84 valence electrons. The molecule has 0 rings (SSSR count). The summed E-state index contributed by atoms with van der Waals surface area (Å²) in [7, 11) is 0. The van der Waals surface area contributed by atoms with Gasteiger partial charge in [-0.25, -0.2) is 4.79 Å². The van der Waals surface area contributed by atoms with E-state index in [0.717, 1.165) is 0 Å². The van der Waals surface area contributed by atoms with Gasteiger partial charge in [0.25, 0.3) is 0 Å². The Morgan fingerprint density at radius 2 is 1.36 bits per heavy atom. The first-order valence-electron chi connectivity index (χ1n) is 3.31. The first-order chi connectivity index (χ1) is 5.91. The van der Waals surface area contributed by atoms with Gasteiger partial charge in [-0.3, -0.25) is 4.79 Å². The molecule has 0 aliphatic heterocycles. The topological polar surface area (TPSA) is 123 Å². The number of carboxylic acids is 2. The normalized spacial score (nSPS) is 6.14. The maximum absolute atomic E-state index is 9.60. The second-order valence-electron chi connectivity index (χ2n) is 1.83. The van der Waals surface area contributed by atoms with Crippen LogP contribution in [0.5, 0.6) is 0 Å². The third-order valence-corrected chi connectivity index (χ3v) is 0.668. The minimum absolute atomic E-state index is 0. The Bertz CT molecular complexity index is 163. The summed E-state index contributed by atoms with van der Waals surface area (Å²) in [5.41, 5.74) is 0.176. The minimum atomic E-state index is -0.935. The van der Waals surface area contributed by atoms with Crippen molar-refractivity contribution in [3.63, 3.8) is 0 Å². The van der Waals surface area contributed by atoms with Gasteiger partial charge < -0.3 is 20.5 Å². The summed E-state index contributed by atoms with van der Waals surface area (Å²) in [5.74, 6) is -1.68. The molecule has 0 heterocycles. The Labute approximate surface area is 82.2 Å². The van der Waals surface area contributed by atoms with E-state index in [4.69, 9.17) is 15.0 Å². The Kier molecular flexibility index (Phi) is 28.4. The monoisotopic (exact) mass is 208 g/mol. The standard InChI is InChI=1S/C4H6O2.C3H6O2.CH2O.H2O/c1-3(2)4(5)6;1-2-3(4)5;1-2;/h1H2,2H3,(H,5,6);2H2,1H3,(H,4,5);1H2;1H2. The zero-order valence-corrected chi connectivity index (χ0v) is 8.24. The summed E-state index contributed by atoms with van der Waals surface area (Å²) in [5, 5.41) is 15.6. The molecular formula is C8H16O6. The van der Waals surface area contributed by atoms with Gasteiger partial charge in [0.05, 0.1) is 0 Å². The smallest absolute Gasteiger partial charge is 0.330 e. The molecule has 0 fully saturated rings. The van der Waals surface area contributed by atoms with Crippen LogP contribution in [0.1, 0.15) is 20.3 Å². The summed E-state index contributed by atoms with van der Waals surface area (Å²) in [6, 6.07) is 0. The summed E-state index contributed by atoms with van der Waals surface area (Å²) >= 11 is 0. The highest BCUT2D eigenvalue weighted by Crippen LogP contribution is 1.81. The molecule has 0 spiro atoms. The van der Waals surface area contributed by atoms with Crippen LogP contribution in [0.25, 0.3) is 0 Å². The van der Waals surface area contributed by atoms with Crippen LogP contribution in [0, 0.1) is 0 Å². The van der Waals surface area contributed by atoms with E-state index in [1.807, 2.05) is 6.79 Å². The molecule has 0 radical (unpaired) electrons. The van der Waals surface area contributed by atoms with Gasteiger partial charge in [0.2, 0.25) is 0 Å². The highest BCUT2D eigenvalue weighted by molar-refractivity contribution is 5.84. The van der Waals surface area contributed by atoms with Crippen LogP contribution < -0.4 is 0 Å². The summed E-state index contributed by atoms with van der Waals surface area (Å²) in [4.78, 5) is 27.0. The molecule has 0 aromatic carbocycles. The molecule has 6 nitrogen and oxygen atoms in total. The fourth-order valence-electron chi connectivity index (χ4n) is 0. The van der Waals surface area contributed by atoms with E-state index in [2.05, 4.69) is 6.58 Å². The maximum atomic E-state index is 9.60. The number of carbonyl (C=O) groups excluding carboxylic acids is 1. The quantitative estimate of drug-likeness (QED) is 0.623. The van der Waals surface area contributed by atoms with Crippen LogP contribution in [0.15, 0.2) is 12.2 Å². The Morgan fingerprint density at radius 1 is 1.21 bits per heavy atom. The first kappa shape index (κ1) is 22.8. The summed E-state index contributed by atoms with van der Waals surface area (Å²) in [6.45, 7) is 8.20. The highest BCUT2D eigenvalue weighted by atomic mass is 16.4. The lowest BCUT2D eigenvalue weighted by Gasteiger charge is -1.79. The van der Waals surface area contributed by atoms with Crippen molar-refractivity contribution in [3.05, 3.63) is 12.2 Å². The lowest BCUT2D eigenvalue weighted by molar-refractivity contribution is -0.136. The largest absolute Gasteiger partial charge is 0.481 e. The predicted octanol–water partition coefficient (Wildman–Crippen LogP) is 0.119. The summed E-state index contributed by atoms with van der Waals surface area (Å²) < 4.78 is 0. The number of rotatable bonds is 2. The third-order valence-electron chi connectivity index (χ3n) is 0.668. The molecule has 0 aliphatic carbocycles. The van der Waals surface area contributed by atoms with Crippen LogP contribution in [-0.2, 0) is 14.4 Å². The van der Waals surface area contributed by atoms with Crippen LogP contribution in [0.2, 0.25) is 0 Å². The fraction of sp³-hybridized carbons (Fsp3) is 0.375. The SMILES string of the molecule is C=C(C)C(=O)O.C=O.CCC(=O)O.O. The van der Waals surface area contributed by atoms with E-state index >= 15 is 0 Å². The molecule has 0 saturated heterocycles. The Morgan fingerprint density at radius 3 is 1.36 bits per heavy atom. The van der Waals surface area contributed by atoms with Crippen molar-refractivity contribution < 1.29 is 30.1 Å². The van der Waals surface area contributed by atoms with Crippen molar-refractivity contribution in [2.45, 2.75) is 20.3 Å². The number of carboxylic acid groups (broad SMARTS) is 2. The first-order valence-corrected chi connectivity index (χ1v) is 3.31. The van der Waals surface area contributed by atoms with Gasteiger partial charge >= 0.3 is 11.9 Å². The second kappa shape index (κ2) is 17.4. The predicted molar refractivity (Wildman–Crippen MR) is 51.1 cm³/mol. The molecule has 0 saturated carbocycles. The summed E-state index contributed by atoms with van der Waals surface area (Å²) in [6.07, 6.45) is 0.222. The Balaban J connectivity index is -0.0000000576. The van der Waals surface area contributed by atoms with Gasteiger partial charge in [0, 0.05) is 12.0 Å². The second-order valence-corrected chi connectivity index (χ2v) is 1.83. The van der Waals surface area contributed by atoms with E-state index in [-0.39, 0.29) is 17.5 Å². The van der Waals surface area contributed by atoms with E-state index < -0.39 is 11.9 Å². The number of hydrogen-bond donors (Lipinski definition) is 2. The third kappa shape index (κ3) is 48.1. The van der Waals surface area contributed by atoms with Crippen LogP contribution >= 0.6 is 0 Å². The molecule has 4 N–H and O–H groups in total. The molecule has 0 unspecified atom stereocenters. The van der Waals surface area contributed by atoms with Gasteiger partial charge in [-0.15, -0.1) is 0 Å². The molecular weight excluding hydrogens is 192 g/mol. The van der Waals surface area contributed by atoms with Gasteiger partial charge in [0.15, 0.2) is 0 Å². The van der Waals surface area contributed by atoms with Crippen molar-refractivity contribution in [2.24, 2.45) is 0 Å². The van der Waals surface area contributed by atoms with Gasteiger partial charge in [-0.05, 0) is 6.92 Å². The van der Waals surface area contributed by atoms with Crippen LogP contribution in [0.3, 0.4) is 0 Å². The molecule has 0 bridgehead atoms. The minimum Gasteiger partial charge on any atom is -0.481 e. The zero-order valence-electron chi connectivity index (χ0n) is 8.24. The van der Waals surface area contributed by atoms with Crippen molar-refractivity contribution in [3.8, 4) is 0 Å². The van der Waals surface area contributed by atoms with E-state index in [1.54, 1.807) is 6.92 Å². The van der Waals surface area contributed by atoms with Crippen LogP contribution in [-0.4, -0.2) is 34.4 Å². The van der Waals surface area contributed by atoms with E-state index in [1.165, 1.54) is 6.92 Å². The average Bonchev–Trinajstić information content (AvgIpc) is 2.09. The maximum Gasteiger partial charge on any atom is 0.330 e. The van der Waals surface area contributed by atoms with E-state index in [0.29, 0.717) is 0 Å². The lowest BCUT2D eigenvalue weighted by Crippen LogP contribution is -1.92. The highest BCUT2D eigenvalue weighted by Gasteiger charge is 1.90. The Hall–Kier alpha value is -1.69. The van der Waals surface area contributed by atoms with E-state index in [9.17, 15) is 9.59 Å². The molecule has 0 atom stereocenters. The van der Waals surface area contributed by atoms with Gasteiger partial charge in [-0.1, -0.05) is 13.5 Å². The van der Waals surface area contributed by atoms with Crippen molar-refractivity contribution in [1.29, 1.82) is 0 Å². The molecule has 6 heteroatoms. The van der Waals surface area contributed by atoms with Crippen molar-refractivity contribution >= 4 is 18.7 Å². The van der Waals surface area contributed by atoms with Crippen molar-refractivity contribution in [2.75, 3.05) is 0 Å². The fourth-order valence-corrected chi connectivity index (χ4v) is 0.